The number of hydrogen-bond donors (Lipinski definition) is 0. The SMILES string of the molecule is c1ccc(-c2cccc(N(c3cccc(-c4ccccc4)c3)c3ccc4cc(-c5cc6ccccc6c6c5ccc5ccc7ccccc7c56)ccc4c3)c2)cc1. The third-order valence-electron chi connectivity index (χ3n) is 11.5. The highest BCUT2D eigenvalue weighted by Crippen LogP contribution is 2.43. The Kier molecular flexibility index (Phi) is 7.89. The van der Waals surface area contributed by atoms with Crippen molar-refractivity contribution in [1.29, 1.82) is 0 Å². The molecule has 0 N–H and O–H groups in total. The van der Waals surface area contributed by atoms with Gasteiger partial charge in [-0.2, -0.15) is 0 Å². The lowest BCUT2D eigenvalue weighted by atomic mass is 9.88. The van der Waals surface area contributed by atoms with E-state index in [0.29, 0.717) is 0 Å². The summed E-state index contributed by atoms with van der Waals surface area (Å²) in [4.78, 5) is 2.39. The molecule has 0 heterocycles. The van der Waals surface area contributed by atoms with Gasteiger partial charge in [0, 0.05) is 17.1 Å². The van der Waals surface area contributed by atoms with Crippen molar-refractivity contribution in [2.75, 3.05) is 4.90 Å². The van der Waals surface area contributed by atoms with Crippen LogP contribution in [-0.4, -0.2) is 0 Å². The van der Waals surface area contributed by atoms with Gasteiger partial charge in [0.25, 0.3) is 0 Å². The van der Waals surface area contributed by atoms with Crippen LogP contribution in [0.15, 0.2) is 224 Å². The molecule has 0 spiro atoms. The summed E-state index contributed by atoms with van der Waals surface area (Å²) < 4.78 is 0. The molecule has 0 saturated heterocycles. The van der Waals surface area contributed by atoms with Crippen molar-refractivity contribution in [3.05, 3.63) is 224 Å². The molecule has 0 unspecified atom stereocenters. The maximum Gasteiger partial charge on any atom is 0.0468 e. The summed E-state index contributed by atoms with van der Waals surface area (Å²) in [6, 6.07) is 82.0. The molecule has 1 nitrogen and oxygen atoms in total. The smallest absolute Gasteiger partial charge is 0.0468 e. The first-order chi connectivity index (χ1) is 28.2. The largest absolute Gasteiger partial charge is 0.310 e. The van der Waals surface area contributed by atoms with Crippen LogP contribution in [0.1, 0.15) is 0 Å². The van der Waals surface area contributed by atoms with Gasteiger partial charge in [0.1, 0.15) is 0 Å². The van der Waals surface area contributed by atoms with Crippen LogP contribution < -0.4 is 4.90 Å². The fraction of sp³-hybridized carbons (Fsp3) is 0. The molecule has 0 atom stereocenters. The van der Waals surface area contributed by atoms with Gasteiger partial charge in [-0.25, -0.2) is 0 Å². The van der Waals surface area contributed by atoms with E-state index in [-0.39, 0.29) is 0 Å². The quantitative estimate of drug-likeness (QED) is 0.154. The van der Waals surface area contributed by atoms with Crippen LogP contribution in [0.25, 0.3) is 87.2 Å². The first-order valence-corrected chi connectivity index (χ1v) is 19.7. The Labute approximate surface area is 332 Å². The third kappa shape index (κ3) is 5.80. The van der Waals surface area contributed by atoms with E-state index in [4.69, 9.17) is 0 Å². The van der Waals surface area contributed by atoms with Gasteiger partial charge in [-0.3, -0.25) is 0 Å². The predicted octanol–water partition coefficient (Wildman–Crippen LogP) is 15.9. The maximum atomic E-state index is 2.39. The number of anilines is 3. The van der Waals surface area contributed by atoms with Gasteiger partial charge < -0.3 is 4.90 Å². The molecule has 11 aromatic carbocycles. The Morgan fingerprint density at radius 1 is 0.228 bits per heavy atom. The summed E-state index contributed by atoms with van der Waals surface area (Å²) in [5, 5.41) is 12.7. The van der Waals surface area contributed by atoms with E-state index in [1.807, 2.05) is 0 Å². The van der Waals surface area contributed by atoms with Gasteiger partial charge in [-0.1, -0.05) is 176 Å². The number of nitrogens with zero attached hydrogens (tertiary/aromatic N) is 1. The zero-order valence-corrected chi connectivity index (χ0v) is 31.3. The second-order valence-electron chi connectivity index (χ2n) is 14.9. The average Bonchev–Trinajstić information content (AvgIpc) is 3.29. The van der Waals surface area contributed by atoms with Crippen LogP contribution in [0.3, 0.4) is 0 Å². The third-order valence-corrected chi connectivity index (χ3v) is 11.5. The lowest BCUT2D eigenvalue weighted by molar-refractivity contribution is 1.29. The molecule has 0 saturated carbocycles. The van der Waals surface area contributed by atoms with E-state index in [2.05, 4.69) is 229 Å². The molecule has 0 aromatic heterocycles. The van der Waals surface area contributed by atoms with Gasteiger partial charge in [-0.05, 0) is 136 Å². The zero-order valence-electron chi connectivity index (χ0n) is 31.3. The molecule has 11 rings (SSSR count). The molecule has 0 bridgehead atoms. The summed E-state index contributed by atoms with van der Waals surface area (Å²) in [6.45, 7) is 0. The van der Waals surface area contributed by atoms with E-state index in [9.17, 15) is 0 Å². The minimum Gasteiger partial charge on any atom is -0.310 e. The predicted molar refractivity (Wildman–Crippen MR) is 245 cm³/mol. The Hall–Kier alpha value is -7.48. The van der Waals surface area contributed by atoms with Gasteiger partial charge in [0.05, 0.1) is 0 Å². The van der Waals surface area contributed by atoms with Crippen LogP contribution in [-0.2, 0) is 0 Å². The average molecular weight is 724 g/mol. The van der Waals surface area contributed by atoms with Crippen molar-refractivity contribution in [2.45, 2.75) is 0 Å². The highest BCUT2D eigenvalue weighted by Gasteiger charge is 2.17. The number of rotatable bonds is 6. The Balaban J connectivity index is 1.07. The molecular formula is C56H37N. The fourth-order valence-corrected chi connectivity index (χ4v) is 8.82. The van der Waals surface area contributed by atoms with Crippen molar-refractivity contribution in [3.63, 3.8) is 0 Å². The molecule has 0 aliphatic rings. The zero-order chi connectivity index (χ0) is 37.7. The fourth-order valence-electron chi connectivity index (χ4n) is 8.82. The molecular weight excluding hydrogens is 687 g/mol. The van der Waals surface area contributed by atoms with Crippen molar-refractivity contribution in [3.8, 4) is 33.4 Å². The highest BCUT2D eigenvalue weighted by atomic mass is 15.1. The topological polar surface area (TPSA) is 3.24 Å². The highest BCUT2D eigenvalue weighted by molar-refractivity contribution is 6.30. The van der Waals surface area contributed by atoms with E-state index < -0.39 is 0 Å². The molecule has 0 aliphatic heterocycles. The molecule has 0 fully saturated rings. The maximum absolute atomic E-state index is 2.39. The minimum absolute atomic E-state index is 1.11. The second-order valence-corrected chi connectivity index (χ2v) is 14.9. The Morgan fingerprint density at radius 3 is 1.44 bits per heavy atom. The molecule has 11 aromatic rings. The molecule has 57 heavy (non-hydrogen) atoms. The second kappa shape index (κ2) is 13.7. The lowest BCUT2D eigenvalue weighted by Crippen LogP contribution is -2.10. The van der Waals surface area contributed by atoms with Crippen molar-refractivity contribution >= 4 is 70.9 Å². The van der Waals surface area contributed by atoms with Gasteiger partial charge >= 0.3 is 0 Å². The molecule has 0 radical (unpaired) electrons. The van der Waals surface area contributed by atoms with Crippen LogP contribution in [0.5, 0.6) is 0 Å². The molecule has 0 aliphatic carbocycles. The van der Waals surface area contributed by atoms with Crippen LogP contribution in [0.4, 0.5) is 17.1 Å². The molecule has 0 amide bonds. The summed E-state index contributed by atoms with van der Waals surface area (Å²) in [5.74, 6) is 0. The summed E-state index contributed by atoms with van der Waals surface area (Å²) in [6.07, 6.45) is 0. The van der Waals surface area contributed by atoms with Crippen molar-refractivity contribution in [2.24, 2.45) is 0 Å². The first kappa shape index (κ1) is 32.9. The van der Waals surface area contributed by atoms with Crippen LogP contribution in [0, 0.1) is 0 Å². The number of hydrogen-bond acceptors (Lipinski definition) is 1. The summed E-state index contributed by atoms with van der Waals surface area (Å²) in [7, 11) is 0. The Bertz CT molecular complexity index is 3210. The monoisotopic (exact) mass is 723 g/mol. The van der Waals surface area contributed by atoms with Crippen LogP contribution in [0.2, 0.25) is 0 Å². The van der Waals surface area contributed by atoms with Crippen molar-refractivity contribution in [1.82, 2.24) is 0 Å². The van der Waals surface area contributed by atoms with Gasteiger partial charge in [0.15, 0.2) is 0 Å². The molecule has 1 heteroatoms. The number of benzene rings is 11. The summed E-state index contributed by atoms with van der Waals surface area (Å²) >= 11 is 0. The summed E-state index contributed by atoms with van der Waals surface area (Å²) in [5.41, 5.74) is 10.6. The normalized spacial score (nSPS) is 11.5. The van der Waals surface area contributed by atoms with E-state index in [0.717, 1.165) is 17.1 Å². The van der Waals surface area contributed by atoms with E-state index in [1.54, 1.807) is 0 Å². The standard InChI is InChI=1S/C56H37N/c1-3-13-38(14-4-1)42-19-11-21-48(34-42)57(49-22-12-20-43(35-49)39-15-5-2-6-16-39)50-31-29-44-33-47(28-27-45(44)36-50)54-37-46-18-8-10-24-52(46)56-53(54)32-30-41-26-25-40-17-7-9-23-51(40)55(41)56/h1-37H. The number of fused-ring (bicyclic) bond motifs is 8. The lowest BCUT2D eigenvalue weighted by Gasteiger charge is -2.27. The van der Waals surface area contributed by atoms with Gasteiger partial charge in [0.2, 0.25) is 0 Å². The van der Waals surface area contributed by atoms with E-state index >= 15 is 0 Å². The molecule has 266 valence electrons. The van der Waals surface area contributed by atoms with Crippen molar-refractivity contribution < 1.29 is 0 Å². The minimum atomic E-state index is 1.11. The first-order valence-electron chi connectivity index (χ1n) is 19.7. The van der Waals surface area contributed by atoms with Gasteiger partial charge in [-0.15, -0.1) is 0 Å². The Morgan fingerprint density at radius 2 is 0.737 bits per heavy atom. The van der Waals surface area contributed by atoms with E-state index in [1.165, 1.54) is 87.2 Å². The van der Waals surface area contributed by atoms with Crippen LogP contribution >= 0.6 is 0 Å².